The van der Waals surface area contributed by atoms with Gasteiger partial charge in [0.25, 0.3) is 0 Å². The summed E-state index contributed by atoms with van der Waals surface area (Å²) in [7, 11) is 1.50. The molecule has 0 heterocycles. The van der Waals surface area contributed by atoms with Crippen LogP contribution in [0.5, 0.6) is 0 Å². The Morgan fingerprint density at radius 2 is 1.56 bits per heavy atom. The lowest BCUT2D eigenvalue weighted by atomic mass is 10.1. The first-order chi connectivity index (χ1) is 12.9. The summed E-state index contributed by atoms with van der Waals surface area (Å²) in [5, 5.41) is 8.14. The topological polar surface area (TPSA) is 96.5 Å². The van der Waals surface area contributed by atoms with E-state index in [1.807, 2.05) is 6.07 Å². The van der Waals surface area contributed by atoms with Crippen LogP contribution in [0.2, 0.25) is 5.02 Å². The Morgan fingerprint density at radius 1 is 0.963 bits per heavy atom. The van der Waals surface area contributed by atoms with Crippen molar-refractivity contribution in [2.24, 2.45) is 0 Å². The van der Waals surface area contributed by atoms with Gasteiger partial charge in [0.1, 0.15) is 6.10 Å². The summed E-state index contributed by atoms with van der Waals surface area (Å²) in [4.78, 5) is 35.0. The van der Waals surface area contributed by atoms with E-state index in [-0.39, 0.29) is 12.5 Å². The highest BCUT2D eigenvalue weighted by atomic mass is 35.5. The average molecular weight is 390 g/mol. The van der Waals surface area contributed by atoms with Gasteiger partial charge in [-0.2, -0.15) is 0 Å². The average Bonchev–Trinajstić information content (AvgIpc) is 2.64. The van der Waals surface area contributed by atoms with Crippen molar-refractivity contribution in [2.75, 3.05) is 24.3 Å². The highest BCUT2D eigenvalue weighted by Gasteiger charge is 2.18. The maximum atomic E-state index is 12.0. The third kappa shape index (κ3) is 6.09. The van der Waals surface area contributed by atoms with Crippen molar-refractivity contribution in [3.63, 3.8) is 0 Å². The monoisotopic (exact) mass is 389 g/mol. The second-order valence-electron chi connectivity index (χ2n) is 5.67. The van der Waals surface area contributed by atoms with Gasteiger partial charge in [-0.05, 0) is 30.3 Å². The number of nitrogens with one attached hydrogen (secondary N) is 3. The summed E-state index contributed by atoms with van der Waals surface area (Å²) in [6.07, 6.45) is -0.479. The van der Waals surface area contributed by atoms with Gasteiger partial charge >= 0.3 is 11.8 Å². The van der Waals surface area contributed by atoms with Gasteiger partial charge in [-0.15, -0.1) is 0 Å². The molecule has 0 spiro atoms. The van der Waals surface area contributed by atoms with Gasteiger partial charge in [0.15, 0.2) is 0 Å². The highest BCUT2D eigenvalue weighted by Crippen LogP contribution is 2.24. The van der Waals surface area contributed by atoms with Crippen LogP contribution in [0, 0.1) is 0 Å². The van der Waals surface area contributed by atoms with Gasteiger partial charge in [-0.25, -0.2) is 0 Å². The highest BCUT2D eigenvalue weighted by molar-refractivity contribution is 6.39. The fourth-order valence-electron chi connectivity index (χ4n) is 2.35. The van der Waals surface area contributed by atoms with E-state index in [4.69, 9.17) is 16.3 Å². The third-order valence-corrected chi connectivity index (χ3v) is 4.00. The van der Waals surface area contributed by atoms with Crippen LogP contribution in [0.25, 0.3) is 0 Å². The van der Waals surface area contributed by atoms with Crippen molar-refractivity contribution in [3.8, 4) is 0 Å². The summed E-state index contributed by atoms with van der Waals surface area (Å²) >= 11 is 6.13. The molecule has 8 heteroatoms. The molecule has 0 aliphatic carbocycles. The van der Waals surface area contributed by atoms with Gasteiger partial charge in [-0.1, -0.05) is 29.8 Å². The molecule has 3 N–H and O–H groups in total. The summed E-state index contributed by atoms with van der Waals surface area (Å²) in [5.41, 5.74) is 1.74. The molecule has 0 aliphatic rings. The molecule has 0 fully saturated rings. The first-order valence-electron chi connectivity index (χ1n) is 8.14. The van der Waals surface area contributed by atoms with Gasteiger partial charge in [-0.3, -0.25) is 14.4 Å². The number of methoxy groups -OCH3 is 1. The molecular weight excluding hydrogens is 370 g/mol. The number of rotatable bonds is 6. The van der Waals surface area contributed by atoms with E-state index in [2.05, 4.69) is 16.0 Å². The van der Waals surface area contributed by atoms with Crippen molar-refractivity contribution in [2.45, 2.75) is 13.0 Å². The molecule has 1 unspecified atom stereocenters. The SMILES string of the molecule is COC(CNC(=O)C(=O)Nc1ccc(NC(C)=O)cc1)c1ccccc1Cl. The molecule has 0 bridgehead atoms. The first-order valence-corrected chi connectivity index (χ1v) is 8.52. The molecule has 2 aromatic rings. The molecule has 0 radical (unpaired) electrons. The normalized spacial score (nSPS) is 11.4. The molecule has 2 aromatic carbocycles. The largest absolute Gasteiger partial charge is 0.375 e. The van der Waals surface area contributed by atoms with Crippen molar-refractivity contribution in [3.05, 3.63) is 59.1 Å². The number of ether oxygens (including phenoxy) is 1. The van der Waals surface area contributed by atoms with Gasteiger partial charge < -0.3 is 20.7 Å². The fourth-order valence-corrected chi connectivity index (χ4v) is 2.61. The number of anilines is 2. The summed E-state index contributed by atoms with van der Waals surface area (Å²) in [5.74, 6) is -1.80. The van der Waals surface area contributed by atoms with E-state index < -0.39 is 17.9 Å². The molecule has 27 heavy (non-hydrogen) atoms. The molecule has 1 atom stereocenters. The van der Waals surface area contributed by atoms with Crippen molar-refractivity contribution in [1.29, 1.82) is 0 Å². The van der Waals surface area contributed by atoms with Crippen LogP contribution in [0.1, 0.15) is 18.6 Å². The number of carbonyl (C=O) groups is 3. The smallest absolute Gasteiger partial charge is 0.313 e. The predicted molar refractivity (Wildman–Crippen MR) is 104 cm³/mol. The molecule has 0 aliphatic heterocycles. The number of hydrogen-bond donors (Lipinski definition) is 3. The minimum Gasteiger partial charge on any atom is -0.375 e. The van der Waals surface area contributed by atoms with Crippen molar-refractivity contribution in [1.82, 2.24) is 5.32 Å². The van der Waals surface area contributed by atoms with Crippen LogP contribution < -0.4 is 16.0 Å². The Hall–Kier alpha value is -2.90. The number of halogens is 1. The Balaban J connectivity index is 1.90. The van der Waals surface area contributed by atoms with E-state index >= 15 is 0 Å². The van der Waals surface area contributed by atoms with E-state index in [1.54, 1.807) is 42.5 Å². The minimum absolute atomic E-state index is 0.0912. The maximum Gasteiger partial charge on any atom is 0.313 e. The number of amides is 3. The summed E-state index contributed by atoms with van der Waals surface area (Å²) in [6.45, 7) is 1.49. The first kappa shape index (κ1) is 20.4. The minimum atomic E-state index is -0.809. The summed E-state index contributed by atoms with van der Waals surface area (Å²) in [6, 6.07) is 13.5. The number of benzene rings is 2. The van der Waals surface area contributed by atoms with Crippen LogP contribution in [-0.4, -0.2) is 31.4 Å². The lowest BCUT2D eigenvalue weighted by Gasteiger charge is -2.17. The van der Waals surface area contributed by atoms with Crippen LogP contribution in [0.4, 0.5) is 11.4 Å². The molecular formula is C19H20ClN3O4. The zero-order chi connectivity index (χ0) is 19.8. The Bertz CT molecular complexity index is 824. The molecule has 7 nitrogen and oxygen atoms in total. The molecule has 142 valence electrons. The standard InChI is InChI=1S/C19H20ClN3O4/c1-12(24)22-13-7-9-14(10-8-13)23-19(26)18(25)21-11-17(27-2)15-5-3-4-6-16(15)20/h3-10,17H,11H2,1-2H3,(H,21,25)(H,22,24)(H,23,26). The van der Waals surface area contributed by atoms with E-state index in [0.29, 0.717) is 16.4 Å². The van der Waals surface area contributed by atoms with Crippen LogP contribution in [0.3, 0.4) is 0 Å². The van der Waals surface area contributed by atoms with Crippen LogP contribution in [0.15, 0.2) is 48.5 Å². The second-order valence-corrected chi connectivity index (χ2v) is 6.08. The molecule has 3 amide bonds. The molecule has 0 aromatic heterocycles. The maximum absolute atomic E-state index is 12.0. The van der Waals surface area contributed by atoms with Gasteiger partial charge in [0, 0.05) is 42.5 Å². The Kier molecular flexibility index (Phi) is 7.34. The molecule has 0 saturated heterocycles. The van der Waals surface area contributed by atoms with Crippen LogP contribution >= 0.6 is 11.6 Å². The lowest BCUT2D eigenvalue weighted by Crippen LogP contribution is -2.38. The molecule has 0 saturated carbocycles. The lowest BCUT2D eigenvalue weighted by molar-refractivity contribution is -0.136. The van der Waals surface area contributed by atoms with Gasteiger partial charge in [0.05, 0.1) is 0 Å². The second kappa shape index (κ2) is 9.70. The summed E-state index contributed by atoms with van der Waals surface area (Å²) < 4.78 is 5.35. The van der Waals surface area contributed by atoms with E-state index in [0.717, 1.165) is 5.56 Å². The quantitative estimate of drug-likeness (QED) is 0.662. The fraction of sp³-hybridized carbons (Fsp3) is 0.211. The van der Waals surface area contributed by atoms with Crippen molar-refractivity contribution >= 4 is 40.7 Å². The van der Waals surface area contributed by atoms with E-state index in [9.17, 15) is 14.4 Å². The number of hydrogen-bond acceptors (Lipinski definition) is 4. The Labute approximate surface area is 162 Å². The van der Waals surface area contributed by atoms with Gasteiger partial charge in [0.2, 0.25) is 5.91 Å². The van der Waals surface area contributed by atoms with Crippen LogP contribution in [-0.2, 0) is 19.1 Å². The predicted octanol–water partition coefficient (Wildman–Crippen LogP) is 2.74. The zero-order valence-corrected chi connectivity index (χ0v) is 15.7. The number of carbonyl (C=O) groups excluding carboxylic acids is 3. The zero-order valence-electron chi connectivity index (χ0n) is 14.9. The van der Waals surface area contributed by atoms with E-state index in [1.165, 1.54) is 14.0 Å². The molecule has 2 rings (SSSR count). The Morgan fingerprint density at radius 3 is 2.11 bits per heavy atom. The third-order valence-electron chi connectivity index (χ3n) is 3.65. The van der Waals surface area contributed by atoms with Crippen molar-refractivity contribution < 1.29 is 19.1 Å².